The highest BCUT2D eigenvalue weighted by Gasteiger charge is 1.95. The first-order valence-electron chi connectivity index (χ1n) is 6.29. The topological polar surface area (TPSA) is 0 Å². The molecule has 108 valence electrons. The lowest BCUT2D eigenvalue weighted by molar-refractivity contribution is 0.295. The Kier molecular flexibility index (Phi) is 15.2. The molecule has 0 spiro atoms. The van der Waals surface area contributed by atoms with Crippen molar-refractivity contribution in [2.24, 2.45) is 0 Å². The van der Waals surface area contributed by atoms with Crippen LogP contribution in [-0.2, 0) is 6.42 Å². The molecule has 0 saturated heterocycles. The lowest BCUT2D eigenvalue weighted by Gasteiger charge is -2.02. The second-order valence-electron chi connectivity index (χ2n) is 3.09. The average Bonchev–Trinajstić information content (AvgIpc) is 2.51. The molecule has 2 rings (SSSR count). The lowest BCUT2D eigenvalue weighted by Crippen LogP contribution is -1.81. The molecule has 2 aromatic rings. The largest absolute Gasteiger partial charge is 0.255 e. The number of benzene rings is 2. The standard InChI is InChI=1S/C12H12.C2H6.CH2F2.CH3F/c1-2-10-7-5-8-11-6-3-4-9-12(10)11;1-2;2-1-3;1-2/h3-9H,2H2,1H3;1-2H3;1H2;1H3. The van der Waals surface area contributed by atoms with Crippen molar-refractivity contribution in [1.29, 1.82) is 0 Å². The second-order valence-corrected chi connectivity index (χ2v) is 3.09. The predicted octanol–water partition coefficient (Wildman–Crippen LogP) is 5.90. The first-order valence-corrected chi connectivity index (χ1v) is 6.29. The molecule has 0 aliphatic carbocycles. The smallest absolute Gasteiger partial charge is 0.229 e. The van der Waals surface area contributed by atoms with E-state index in [0.717, 1.165) is 6.42 Å². The van der Waals surface area contributed by atoms with Gasteiger partial charge in [0.1, 0.15) is 0 Å². The van der Waals surface area contributed by atoms with Crippen LogP contribution in [0.3, 0.4) is 0 Å². The maximum absolute atomic E-state index is 9.62. The molecule has 0 aliphatic heterocycles. The predicted molar refractivity (Wildman–Crippen MR) is 78.8 cm³/mol. The van der Waals surface area contributed by atoms with Gasteiger partial charge < -0.3 is 0 Å². The van der Waals surface area contributed by atoms with Crippen LogP contribution in [0.1, 0.15) is 26.3 Å². The summed E-state index contributed by atoms with van der Waals surface area (Å²) in [6.45, 7) is 4.45. The minimum absolute atomic E-state index is 0.500. The average molecular weight is 272 g/mol. The Bertz CT molecular complexity index is 408. The summed E-state index contributed by atoms with van der Waals surface area (Å²) >= 11 is 0. The fourth-order valence-corrected chi connectivity index (χ4v) is 1.60. The zero-order chi connectivity index (χ0) is 15.1. The molecule has 0 unspecified atom stereocenters. The lowest BCUT2D eigenvalue weighted by atomic mass is 10.0. The summed E-state index contributed by atoms with van der Waals surface area (Å²) < 4.78 is 28.8. The molecule has 0 N–H and O–H groups in total. The van der Waals surface area contributed by atoms with Crippen LogP contribution < -0.4 is 0 Å². The molecule has 0 bridgehead atoms. The van der Waals surface area contributed by atoms with Crippen molar-refractivity contribution < 1.29 is 13.2 Å². The van der Waals surface area contributed by atoms with Crippen LogP contribution in [0.25, 0.3) is 10.8 Å². The number of hydrogen-bond donors (Lipinski definition) is 0. The summed E-state index contributed by atoms with van der Waals surface area (Å²) in [6, 6.07) is 15.0. The number of hydrogen-bond acceptors (Lipinski definition) is 0. The van der Waals surface area contributed by atoms with Crippen LogP contribution in [-0.4, -0.2) is 14.1 Å². The molecule has 0 heterocycles. The van der Waals surface area contributed by atoms with Crippen LogP contribution in [0.15, 0.2) is 42.5 Å². The Balaban J connectivity index is 0. The Hall–Kier alpha value is -1.51. The molecular formula is C16H23F3. The number of halogens is 3. The summed E-state index contributed by atoms with van der Waals surface area (Å²) in [4.78, 5) is 0. The van der Waals surface area contributed by atoms with Crippen molar-refractivity contribution in [1.82, 2.24) is 0 Å². The Morgan fingerprint density at radius 1 is 0.842 bits per heavy atom. The van der Waals surface area contributed by atoms with Gasteiger partial charge in [-0.1, -0.05) is 63.2 Å². The monoisotopic (exact) mass is 272 g/mol. The highest BCUT2D eigenvalue weighted by molar-refractivity contribution is 5.85. The van der Waals surface area contributed by atoms with Gasteiger partial charge in [0.05, 0.1) is 7.18 Å². The molecule has 0 aromatic heterocycles. The van der Waals surface area contributed by atoms with E-state index >= 15 is 0 Å². The summed E-state index contributed by atoms with van der Waals surface area (Å²) in [5.41, 5.74) is 1.44. The Morgan fingerprint density at radius 3 is 1.84 bits per heavy atom. The van der Waals surface area contributed by atoms with E-state index in [4.69, 9.17) is 0 Å². The molecule has 0 nitrogen and oxygen atoms in total. The third-order valence-corrected chi connectivity index (χ3v) is 2.26. The van der Waals surface area contributed by atoms with Gasteiger partial charge in [0.2, 0.25) is 6.93 Å². The second kappa shape index (κ2) is 14.6. The van der Waals surface area contributed by atoms with Crippen molar-refractivity contribution in [2.75, 3.05) is 14.1 Å². The van der Waals surface area contributed by atoms with Crippen molar-refractivity contribution in [3.63, 3.8) is 0 Å². The number of alkyl halides is 3. The molecule has 3 heteroatoms. The third kappa shape index (κ3) is 7.50. The van der Waals surface area contributed by atoms with Gasteiger partial charge in [0, 0.05) is 0 Å². The first-order chi connectivity index (χ1) is 9.33. The van der Waals surface area contributed by atoms with E-state index < -0.39 is 6.93 Å². The SMILES string of the molecule is CC.CCc1cccc2ccccc12.CF.FCF. The van der Waals surface area contributed by atoms with E-state index in [2.05, 4.69) is 49.4 Å². The van der Waals surface area contributed by atoms with Gasteiger partial charge in [0.15, 0.2) is 0 Å². The molecule has 0 radical (unpaired) electrons. The Labute approximate surface area is 114 Å². The molecule has 0 saturated carbocycles. The van der Waals surface area contributed by atoms with Crippen molar-refractivity contribution in [3.8, 4) is 0 Å². The quantitative estimate of drug-likeness (QED) is 0.606. The summed E-state index contributed by atoms with van der Waals surface area (Å²) in [5, 5.41) is 2.74. The van der Waals surface area contributed by atoms with E-state index in [1.165, 1.54) is 16.3 Å². The van der Waals surface area contributed by atoms with Gasteiger partial charge in [-0.15, -0.1) is 0 Å². The van der Waals surface area contributed by atoms with E-state index in [-0.39, 0.29) is 0 Å². The maximum atomic E-state index is 9.62. The molecule has 2 aromatic carbocycles. The van der Waals surface area contributed by atoms with Crippen molar-refractivity contribution in [2.45, 2.75) is 27.2 Å². The van der Waals surface area contributed by atoms with Gasteiger partial charge >= 0.3 is 0 Å². The highest BCUT2D eigenvalue weighted by Crippen LogP contribution is 2.18. The third-order valence-electron chi connectivity index (χ3n) is 2.26. The zero-order valence-electron chi connectivity index (χ0n) is 12.1. The summed E-state index contributed by atoms with van der Waals surface area (Å²) in [7, 11) is 0.500. The van der Waals surface area contributed by atoms with Crippen LogP contribution >= 0.6 is 0 Å². The molecule has 0 atom stereocenters. The van der Waals surface area contributed by atoms with Gasteiger partial charge in [-0.05, 0) is 22.8 Å². The normalized spacial score (nSPS) is 8.16. The number of aryl methyl sites for hydroxylation is 1. The molecule has 0 amide bonds. The Morgan fingerprint density at radius 2 is 1.32 bits per heavy atom. The number of rotatable bonds is 1. The van der Waals surface area contributed by atoms with Crippen molar-refractivity contribution >= 4 is 10.8 Å². The van der Waals surface area contributed by atoms with Gasteiger partial charge in [-0.2, -0.15) is 0 Å². The van der Waals surface area contributed by atoms with E-state index in [1.807, 2.05) is 13.8 Å². The fourth-order valence-electron chi connectivity index (χ4n) is 1.60. The molecular weight excluding hydrogens is 249 g/mol. The minimum atomic E-state index is -1.75. The molecule has 0 aliphatic rings. The fraction of sp³-hybridized carbons (Fsp3) is 0.375. The highest BCUT2D eigenvalue weighted by atomic mass is 19.3. The van der Waals surface area contributed by atoms with E-state index in [0.29, 0.717) is 7.18 Å². The summed E-state index contributed by atoms with van der Waals surface area (Å²) in [5.74, 6) is 0. The van der Waals surface area contributed by atoms with Gasteiger partial charge in [-0.3, -0.25) is 4.39 Å². The van der Waals surface area contributed by atoms with Crippen LogP contribution in [0.5, 0.6) is 0 Å². The van der Waals surface area contributed by atoms with Gasteiger partial charge in [0.25, 0.3) is 0 Å². The summed E-state index contributed by atoms with van der Waals surface area (Å²) in [6.07, 6.45) is 1.11. The van der Waals surface area contributed by atoms with Crippen LogP contribution in [0, 0.1) is 0 Å². The van der Waals surface area contributed by atoms with Crippen molar-refractivity contribution in [3.05, 3.63) is 48.0 Å². The molecule has 19 heavy (non-hydrogen) atoms. The maximum Gasteiger partial charge on any atom is 0.229 e. The zero-order valence-corrected chi connectivity index (χ0v) is 12.1. The van der Waals surface area contributed by atoms with Gasteiger partial charge in [-0.25, -0.2) is 8.78 Å². The number of fused-ring (bicyclic) bond motifs is 1. The molecule has 0 fully saturated rings. The van der Waals surface area contributed by atoms with E-state index in [1.54, 1.807) is 0 Å². The minimum Gasteiger partial charge on any atom is -0.255 e. The van der Waals surface area contributed by atoms with Crippen LogP contribution in [0.2, 0.25) is 0 Å². The van der Waals surface area contributed by atoms with E-state index in [9.17, 15) is 13.2 Å². The van der Waals surface area contributed by atoms with Crippen LogP contribution in [0.4, 0.5) is 13.2 Å². The first kappa shape index (κ1) is 19.8.